The minimum atomic E-state index is -0.443. The monoisotopic (exact) mass is 316 g/mol. The number of alkyl carbamates (subject to hydrolysis) is 1. The first-order valence-corrected chi connectivity index (χ1v) is 8.70. The van der Waals surface area contributed by atoms with Gasteiger partial charge in [0.05, 0.1) is 0 Å². The first-order chi connectivity index (χ1) is 10.9. The molecule has 1 aliphatic heterocycles. The van der Waals surface area contributed by atoms with Gasteiger partial charge in [-0.3, -0.25) is 4.90 Å². The van der Waals surface area contributed by atoms with Gasteiger partial charge in [0, 0.05) is 25.2 Å². The average Bonchev–Trinajstić information content (AvgIpc) is 3.22. The zero-order valence-electron chi connectivity index (χ0n) is 14.4. The number of nitrogens with zero attached hydrogens (tertiary/aromatic N) is 1. The first kappa shape index (κ1) is 16.3. The Labute approximate surface area is 139 Å². The van der Waals surface area contributed by atoms with E-state index >= 15 is 0 Å². The fourth-order valence-corrected chi connectivity index (χ4v) is 3.56. The molecular formula is C19H28N2O2. The van der Waals surface area contributed by atoms with E-state index in [1.54, 1.807) is 0 Å². The molecule has 1 saturated heterocycles. The molecule has 0 spiro atoms. The van der Waals surface area contributed by atoms with Gasteiger partial charge in [0.2, 0.25) is 0 Å². The summed E-state index contributed by atoms with van der Waals surface area (Å²) in [6.45, 7) is 7.72. The van der Waals surface area contributed by atoms with Crippen LogP contribution in [0.25, 0.3) is 0 Å². The molecule has 23 heavy (non-hydrogen) atoms. The maximum Gasteiger partial charge on any atom is 0.407 e. The second kappa shape index (κ2) is 6.52. The van der Waals surface area contributed by atoms with Crippen molar-refractivity contribution in [3.8, 4) is 0 Å². The van der Waals surface area contributed by atoms with E-state index in [0.29, 0.717) is 6.04 Å². The molecule has 0 radical (unpaired) electrons. The third-order valence-electron chi connectivity index (χ3n) is 4.60. The van der Waals surface area contributed by atoms with E-state index in [4.69, 9.17) is 4.74 Å². The lowest BCUT2D eigenvalue weighted by atomic mass is 10.0. The summed E-state index contributed by atoms with van der Waals surface area (Å²) in [5, 5.41) is 3.12. The molecule has 0 bridgehead atoms. The topological polar surface area (TPSA) is 41.6 Å². The lowest BCUT2D eigenvalue weighted by Gasteiger charge is -2.29. The van der Waals surface area contributed by atoms with Crippen LogP contribution in [0.4, 0.5) is 4.79 Å². The van der Waals surface area contributed by atoms with E-state index in [2.05, 4.69) is 40.5 Å². The fraction of sp³-hybridized carbons (Fsp3) is 0.632. The summed E-state index contributed by atoms with van der Waals surface area (Å²) in [5.41, 5.74) is 0.901. The van der Waals surface area contributed by atoms with Crippen LogP contribution in [0.3, 0.4) is 0 Å². The second-order valence-corrected chi connectivity index (χ2v) is 7.83. The summed E-state index contributed by atoms with van der Waals surface area (Å²) in [6, 6.07) is 11.3. The van der Waals surface area contributed by atoms with Crippen molar-refractivity contribution in [2.45, 2.75) is 64.3 Å². The SMILES string of the molecule is CC(C)(C)OC(=O)N[C@H]1CCN(Cc2ccccc2)C1C1CC1. The molecule has 4 heteroatoms. The highest BCUT2D eigenvalue weighted by Gasteiger charge is 2.44. The van der Waals surface area contributed by atoms with Crippen LogP contribution in [0, 0.1) is 5.92 Å². The number of ether oxygens (including phenoxy) is 1. The van der Waals surface area contributed by atoms with Crippen LogP contribution < -0.4 is 5.32 Å². The number of hydrogen-bond donors (Lipinski definition) is 1. The molecular weight excluding hydrogens is 288 g/mol. The number of benzene rings is 1. The summed E-state index contributed by atoms with van der Waals surface area (Å²) < 4.78 is 5.43. The molecule has 1 saturated carbocycles. The second-order valence-electron chi connectivity index (χ2n) is 7.83. The molecule has 4 nitrogen and oxygen atoms in total. The van der Waals surface area contributed by atoms with Gasteiger partial charge in [0.15, 0.2) is 0 Å². The minimum absolute atomic E-state index is 0.209. The van der Waals surface area contributed by atoms with Crippen molar-refractivity contribution in [3.05, 3.63) is 35.9 Å². The van der Waals surface area contributed by atoms with Gasteiger partial charge >= 0.3 is 6.09 Å². The highest BCUT2D eigenvalue weighted by Crippen LogP contribution is 2.40. The quantitative estimate of drug-likeness (QED) is 0.923. The third-order valence-corrected chi connectivity index (χ3v) is 4.60. The molecule has 2 fully saturated rings. The molecule has 1 aromatic rings. The number of nitrogens with one attached hydrogen (secondary N) is 1. The Morgan fingerprint density at radius 2 is 1.91 bits per heavy atom. The van der Waals surface area contributed by atoms with Crippen LogP contribution in [-0.4, -0.2) is 35.2 Å². The summed E-state index contributed by atoms with van der Waals surface area (Å²) >= 11 is 0. The van der Waals surface area contributed by atoms with Crippen molar-refractivity contribution in [3.63, 3.8) is 0 Å². The Balaban J connectivity index is 1.62. The molecule has 1 N–H and O–H groups in total. The Bertz CT molecular complexity index is 534. The Morgan fingerprint density at radius 1 is 1.22 bits per heavy atom. The highest BCUT2D eigenvalue weighted by atomic mass is 16.6. The van der Waals surface area contributed by atoms with Crippen molar-refractivity contribution in [1.29, 1.82) is 0 Å². The van der Waals surface area contributed by atoms with E-state index in [1.165, 1.54) is 18.4 Å². The zero-order valence-corrected chi connectivity index (χ0v) is 14.4. The van der Waals surface area contributed by atoms with Crippen LogP contribution in [0.1, 0.15) is 45.6 Å². The predicted octanol–water partition coefficient (Wildman–Crippen LogP) is 3.56. The number of amides is 1. The average molecular weight is 316 g/mol. The van der Waals surface area contributed by atoms with Gasteiger partial charge in [0.25, 0.3) is 0 Å². The summed E-state index contributed by atoms with van der Waals surface area (Å²) in [5.74, 6) is 0.723. The van der Waals surface area contributed by atoms with E-state index in [0.717, 1.165) is 25.4 Å². The van der Waals surface area contributed by atoms with Gasteiger partial charge in [-0.25, -0.2) is 4.79 Å². The molecule has 2 atom stereocenters. The largest absolute Gasteiger partial charge is 0.444 e. The van der Waals surface area contributed by atoms with Gasteiger partial charge in [-0.2, -0.15) is 0 Å². The molecule has 1 amide bonds. The van der Waals surface area contributed by atoms with Gasteiger partial charge in [-0.1, -0.05) is 30.3 Å². The number of carbonyl (C=O) groups excluding carboxylic acids is 1. The Kier molecular flexibility index (Phi) is 4.62. The summed E-state index contributed by atoms with van der Waals surface area (Å²) in [4.78, 5) is 14.7. The van der Waals surface area contributed by atoms with Crippen molar-refractivity contribution in [2.75, 3.05) is 6.54 Å². The van der Waals surface area contributed by atoms with Gasteiger partial charge in [0.1, 0.15) is 5.60 Å². The lowest BCUT2D eigenvalue weighted by Crippen LogP contribution is -2.47. The van der Waals surface area contributed by atoms with E-state index < -0.39 is 5.60 Å². The smallest absolute Gasteiger partial charge is 0.407 e. The maximum absolute atomic E-state index is 12.1. The van der Waals surface area contributed by atoms with Crippen molar-refractivity contribution >= 4 is 6.09 Å². The van der Waals surface area contributed by atoms with Gasteiger partial charge < -0.3 is 10.1 Å². The molecule has 0 aromatic heterocycles. The number of likely N-dealkylation sites (tertiary alicyclic amines) is 1. The third kappa shape index (κ3) is 4.47. The fourth-order valence-electron chi connectivity index (χ4n) is 3.56. The minimum Gasteiger partial charge on any atom is -0.444 e. The van der Waals surface area contributed by atoms with Crippen LogP contribution in [-0.2, 0) is 11.3 Å². The van der Waals surface area contributed by atoms with Crippen molar-refractivity contribution < 1.29 is 9.53 Å². The normalized spacial score (nSPS) is 25.3. The van der Waals surface area contributed by atoms with E-state index in [9.17, 15) is 4.79 Å². The molecule has 2 aliphatic rings. The molecule has 1 aromatic carbocycles. The van der Waals surface area contributed by atoms with Crippen LogP contribution >= 0.6 is 0 Å². The van der Waals surface area contributed by atoms with Crippen LogP contribution in [0.2, 0.25) is 0 Å². The first-order valence-electron chi connectivity index (χ1n) is 8.70. The standard InChI is InChI=1S/C19H28N2O2/c1-19(2,3)23-18(22)20-16-11-12-21(17(16)15-9-10-15)13-14-7-5-4-6-8-14/h4-8,15-17H,9-13H2,1-3H3,(H,20,22)/t16-,17?/m0/s1. The number of hydrogen-bond acceptors (Lipinski definition) is 3. The van der Waals surface area contributed by atoms with Gasteiger partial charge in [-0.05, 0) is 51.5 Å². The van der Waals surface area contributed by atoms with Crippen molar-refractivity contribution in [2.24, 2.45) is 5.92 Å². The van der Waals surface area contributed by atoms with E-state index in [1.807, 2.05) is 20.8 Å². The van der Waals surface area contributed by atoms with E-state index in [-0.39, 0.29) is 12.1 Å². The predicted molar refractivity (Wildman–Crippen MR) is 91.1 cm³/mol. The Morgan fingerprint density at radius 3 is 2.52 bits per heavy atom. The number of carbonyl (C=O) groups is 1. The lowest BCUT2D eigenvalue weighted by molar-refractivity contribution is 0.0486. The highest BCUT2D eigenvalue weighted by molar-refractivity contribution is 5.68. The van der Waals surface area contributed by atoms with Crippen molar-refractivity contribution in [1.82, 2.24) is 10.2 Å². The zero-order chi connectivity index (χ0) is 16.4. The maximum atomic E-state index is 12.1. The Hall–Kier alpha value is -1.55. The molecule has 1 aliphatic carbocycles. The molecule has 1 heterocycles. The summed E-state index contributed by atoms with van der Waals surface area (Å²) in [6.07, 6.45) is 3.28. The molecule has 126 valence electrons. The number of rotatable bonds is 4. The van der Waals surface area contributed by atoms with Gasteiger partial charge in [-0.15, -0.1) is 0 Å². The molecule has 3 rings (SSSR count). The molecule has 1 unspecified atom stereocenters. The van der Waals surface area contributed by atoms with Crippen LogP contribution in [0.5, 0.6) is 0 Å². The van der Waals surface area contributed by atoms with Crippen LogP contribution in [0.15, 0.2) is 30.3 Å². The summed E-state index contributed by atoms with van der Waals surface area (Å²) in [7, 11) is 0.